The maximum atomic E-state index is 12.2. The Kier molecular flexibility index (Phi) is 5.10. The molecule has 20 heavy (non-hydrogen) atoms. The molecule has 0 saturated carbocycles. The number of halogens is 1. The number of amides is 1. The second kappa shape index (κ2) is 6.82. The number of carbonyl (C=O) groups excluding carboxylic acids is 1. The lowest BCUT2D eigenvalue weighted by Crippen LogP contribution is -2.25. The normalized spacial score (nSPS) is 11.9. The predicted octanol–water partition coefficient (Wildman–Crippen LogP) is 4.13. The average Bonchev–Trinajstić information content (AvgIpc) is 2.44. The van der Waals surface area contributed by atoms with Gasteiger partial charge >= 0.3 is 0 Å². The first-order chi connectivity index (χ1) is 9.58. The van der Waals surface area contributed by atoms with Gasteiger partial charge in [-0.3, -0.25) is 4.79 Å². The van der Waals surface area contributed by atoms with Crippen LogP contribution >= 0.6 is 24.2 Å². The van der Waals surface area contributed by atoms with Gasteiger partial charge in [0.05, 0.1) is 16.0 Å². The lowest BCUT2D eigenvalue weighted by molar-refractivity contribution is -0.115. The minimum atomic E-state index is -0.409. The van der Waals surface area contributed by atoms with Crippen molar-refractivity contribution in [2.24, 2.45) is 0 Å². The van der Waals surface area contributed by atoms with Gasteiger partial charge in [-0.05, 0) is 30.5 Å². The number of carbonyl (C=O) groups is 1. The number of benzene rings is 2. The van der Waals surface area contributed by atoms with Crippen LogP contribution < -0.4 is 5.32 Å². The number of thiol groups is 1. The fourth-order valence-corrected chi connectivity index (χ4v) is 2.47. The molecule has 104 valence electrons. The van der Waals surface area contributed by atoms with Crippen LogP contribution in [0.3, 0.4) is 0 Å². The van der Waals surface area contributed by atoms with Crippen LogP contribution in [-0.2, 0) is 11.2 Å². The minimum absolute atomic E-state index is 0.145. The molecule has 0 heterocycles. The van der Waals surface area contributed by atoms with E-state index in [9.17, 15) is 4.79 Å². The van der Waals surface area contributed by atoms with Crippen molar-refractivity contribution in [2.75, 3.05) is 5.32 Å². The van der Waals surface area contributed by atoms with Crippen LogP contribution in [-0.4, -0.2) is 11.2 Å². The molecule has 0 saturated heterocycles. The standard InChI is InChI=1S/C16H16ClNOS/c1-11-6-5-9-13(17)15(11)18-16(19)14(20)10-12-7-3-2-4-8-12/h2-9,14,20H,10H2,1H3,(H,18,19). The summed E-state index contributed by atoms with van der Waals surface area (Å²) in [5, 5.41) is 2.98. The summed E-state index contributed by atoms with van der Waals surface area (Å²) in [5.41, 5.74) is 2.68. The van der Waals surface area contributed by atoms with Gasteiger partial charge in [-0.25, -0.2) is 0 Å². The molecule has 1 amide bonds. The van der Waals surface area contributed by atoms with Gasteiger partial charge in [0.2, 0.25) is 5.91 Å². The van der Waals surface area contributed by atoms with Gasteiger partial charge in [-0.2, -0.15) is 12.6 Å². The number of hydrogen-bond acceptors (Lipinski definition) is 2. The molecule has 0 aliphatic rings. The molecule has 0 aromatic heterocycles. The first-order valence-corrected chi connectivity index (χ1v) is 7.25. The maximum Gasteiger partial charge on any atom is 0.237 e. The highest BCUT2D eigenvalue weighted by Crippen LogP contribution is 2.25. The van der Waals surface area contributed by atoms with Crippen LogP contribution in [0, 0.1) is 6.92 Å². The van der Waals surface area contributed by atoms with E-state index in [1.807, 2.05) is 49.4 Å². The zero-order valence-corrected chi connectivity index (χ0v) is 12.8. The monoisotopic (exact) mass is 305 g/mol. The van der Waals surface area contributed by atoms with Gasteiger partial charge in [-0.1, -0.05) is 54.1 Å². The molecule has 2 aromatic carbocycles. The van der Waals surface area contributed by atoms with Crippen molar-refractivity contribution in [1.29, 1.82) is 0 Å². The third kappa shape index (κ3) is 3.78. The molecule has 0 aliphatic carbocycles. The fourth-order valence-electron chi connectivity index (χ4n) is 1.93. The molecule has 1 unspecified atom stereocenters. The molecular formula is C16H16ClNOS. The van der Waals surface area contributed by atoms with E-state index in [2.05, 4.69) is 17.9 Å². The van der Waals surface area contributed by atoms with Crippen molar-refractivity contribution < 1.29 is 4.79 Å². The van der Waals surface area contributed by atoms with Crippen LogP contribution in [0.4, 0.5) is 5.69 Å². The number of para-hydroxylation sites is 1. The van der Waals surface area contributed by atoms with E-state index in [1.165, 1.54) is 0 Å². The van der Waals surface area contributed by atoms with Crippen molar-refractivity contribution >= 4 is 35.8 Å². The van der Waals surface area contributed by atoms with E-state index >= 15 is 0 Å². The first kappa shape index (κ1) is 14.9. The van der Waals surface area contributed by atoms with E-state index in [-0.39, 0.29) is 5.91 Å². The van der Waals surface area contributed by atoms with Crippen molar-refractivity contribution in [2.45, 2.75) is 18.6 Å². The Morgan fingerprint density at radius 3 is 2.55 bits per heavy atom. The van der Waals surface area contributed by atoms with Crippen molar-refractivity contribution in [3.05, 3.63) is 64.7 Å². The summed E-state index contributed by atoms with van der Waals surface area (Å²) in [5.74, 6) is -0.145. The Balaban J connectivity index is 2.05. The van der Waals surface area contributed by atoms with E-state index in [0.29, 0.717) is 17.1 Å². The largest absolute Gasteiger partial charge is 0.324 e. The topological polar surface area (TPSA) is 29.1 Å². The highest BCUT2D eigenvalue weighted by Gasteiger charge is 2.16. The molecule has 1 N–H and O–H groups in total. The van der Waals surface area contributed by atoms with Crippen LogP contribution in [0.1, 0.15) is 11.1 Å². The highest BCUT2D eigenvalue weighted by molar-refractivity contribution is 7.81. The fraction of sp³-hybridized carbons (Fsp3) is 0.188. The molecule has 0 bridgehead atoms. The Morgan fingerprint density at radius 1 is 1.20 bits per heavy atom. The van der Waals surface area contributed by atoms with Gasteiger partial charge in [0.1, 0.15) is 0 Å². The summed E-state index contributed by atoms with van der Waals surface area (Å²) >= 11 is 10.5. The van der Waals surface area contributed by atoms with E-state index < -0.39 is 5.25 Å². The highest BCUT2D eigenvalue weighted by atomic mass is 35.5. The number of anilines is 1. The number of hydrogen-bond donors (Lipinski definition) is 2. The van der Waals surface area contributed by atoms with Crippen LogP contribution in [0.2, 0.25) is 5.02 Å². The average molecular weight is 306 g/mol. The zero-order valence-electron chi connectivity index (χ0n) is 11.1. The number of rotatable bonds is 4. The van der Waals surface area contributed by atoms with E-state index in [4.69, 9.17) is 11.6 Å². The molecule has 1 atom stereocenters. The second-order valence-electron chi connectivity index (χ2n) is 4.63. The Labute approximate surface area is 129 Å². The lowest BCUT2D eigenvalue weighted by atomic mass is 10.1. The summed E-state index contributed by atoms with van der Waals surface area (Å²) in [6, 6.07) is 15.3. The first-order valence-electron chi connectivity index (χ1n) is 6.36. The molecule has 2 aromatic rings. The summed E-state index contributed by atoms with van der Waals surface area (Å²) in [7, 11) is 0. The van der Waals surface area contributed by atoms with E-state index in [1.54, 1.807) is 6.07 Å². The van der Waals surface area contributed by atoms with Gasteiger partial charge in [0.15, 0.2) is 0 Å². The van der Waals surface area contributed by atoms with Gasteiger partial charge in [0.25, 0.3) is 0 Å². The molecule has 2 nitrogen and oxygen atoms in total. The summed E-state index contributed by atoms with van der Waals surface area (Å²) < 4.78 is 0. The molecule has 0 fully saturated rings. The van der Waals surface area contributed by atoms with Crippen molar-refractivity contribution in [3.8, 4) is 0 Å². The van der Waals surface area contributed by atoms with Crippen LogP contribution in [0.15, 0.2) is 48.5 Å². The Hall–Kier alpha value is -1.45. The SMILES string of the molecule is Cc1cccc(Cl)c1NC(=O)C(S)Cc1ccccc1. The summed E-state index contributed by atoms with van der Waals surface area (Å²) in [6.45, 7) is 1.91. The van der Waals surface area contributed by atoms with Gasteiger partial charge in [-0.15, -0.1) is 0 Å². The quantitative estimate of drug-likeness (QED) is 0.817. The summed E-state index contributed by atoms with van der Waals surface area (Å²) in [6.07, 6.45) is 0.583. The lowest BCUT2D eigenvalue weighted by Gasteiger charge is -2.14. The van der Waals surface area contributed by atoms with Gasteiger partial charge in [0, 0.05) is 0 Å². The number of nitrogens with one attached hydrogen (secondary N) is 1. The number of aryl methyl sites for hydroxylation is 1. The molecule has 0 spiro atoms. The molecule has 0 aliphatic heterocycles. The predicted molar refractivity (Wildman–Crippen MR) is 87.7 cm³/mol. The smallest absolute Gasteiger partial charge is 0.237 e. The molecule has 4 heteroatoms. The van der Waals surface area contributed by atoms with Crippen LogP contribution in [0.5, 0.6) is 0 Å². The minimum Gasteiger partial charge on any atom is -0.324 e. The zero-order chi connectivity index (χ0) is 14.5. The third-order valence-electron chi connectivity index (χ3n) is 3.04. The third-order valence-corrected chi connectivity index (χ3v) is 3.78. The molecule has 2 rings (SSSR count). The van der Waals surface area contributed by atoms with E-state index in [0.717, 1.165) is 11.1 Å². The molecule has 0 radical (unpaired) electrons. The Morgan fingerprint density at radius 2 is 1.90 bits per heavy atom. The second-order valence-corrected chi connectivity index (χ2v) is 5.66. The van der Waals surface area contributed by atoms with Crippen molar-refractivity contribution in [1.82, 2.24) is 0 Å². The van der Waals surface area contributed by atoms with Crippen LogP contribution in [0.25, 0.3) is 0 Å². The molecular weight excluding hydrogens is 290 g/mol. The summed E-state index contributed by atoms with van der Waals surface area (Å²) in [4.78, 5) is 12.2. The Bertz CT molecular complexity index is 580. The maximum absolute atomic E-state index is 12.2. The van der Waals surface area contributed by atoms with Gasteiger partial charge < -0.3 is 5.32 Å². The van der Waals surface area contributed by atoms with Crippen molar-refractivity contribution in [3.63, 3.8) is 0 Å².